The smallest absolute Gasteiger partial charge is 0.252 e. The number of aromatic nitrogens is 1. The molecule has 0 unspecified atom stereocenters. The number of benzene rings is 2. The molecule has 0 aliphatic heterocycles. The number of halogens is 1. The third-order valence-electron chi connectivity index (χ3n) is 4.27. The summed E-state index contributed by atoms with van der Waals surface area (Å²) < 4.78 is 5.93. The highest BCUT2D eigenvalue weighted by atomic mass is 79.9. The van der Waals surface area contributed by atoms with Gasteiger partial charge in [-0.05, 0) is 36.2 Å². The van der Waals surface area contributed by atoms with Gasteiger partial charge in [-0.2, -0.15) is 0 Å². The number of hydrogen-bond donors (Lipinski definition) is 1. The lowest BCUT2D eigenvalue weighted by Crippen LogP contribution is -2.27. The van der Waals surface area contributed by atoms with Gasteiger partial charge in [-0.15, -0.1) is 0 Å². The van der Waals surface area contributed by atoms with Crippen LogP contribution in [-0.2, 0) is 11.2 Å². The van der Waals surface area contributed by atoms with Crippen molar-refractivity contribution in [2.75, 3.05) is 20.3 Å². The average Bonchev–Trinajstić information content (AvgIpc) is 2.67. The predicted octanol–water partition coefficient (Wildman–Crippen LogP) is 4.60. The van der Waals surface area contributed by atoms with Gasteiger partial charge in [-0.25, -0.2) is 4.98 Å². The van der Waals surface area contributed by atoms with Crippen molar-refractivity contribution in [3.8, 4) is 11.3 Å². The maximum atomic E-state index is 12.7. The number of ether oxygens (including phenoxy) is 1. The van der Waals surface area contributed by atoms with Crippen LogP contribution >= 0.6 is 15.9 Å². The third kappa shape index (κ3) is 4.11. The van der Waals surface area contributed by atoms with E-state index in [0.717, 1.165) is 33.1 Å². The first-order chi connectivity index (χ1) is 12.6. The minimum absolute atomic E-state index is 0.126. The van der Waals surface area contributed by atoms with Crippen LogP contribution in [0.25, 0.3) is 22.2 Å². The normalized spacial score (nSPS) is 10.9. The van der Waals surface area contributed by atoms with E-state index in [2.05, 4.69) is 52.4 Å². The molecule has 1 heterocycles. The van der Waals surface area contributed by atoms with E-state index in [4.69, 9.17) is 9.72 Å². The standard InChI is InChI=1S/C21H21BrN2O2/c1-3-14-4-6-15(7-5-14)20-13-18(21(25)23-10-11-26-2)17-12-16(22)8-9-19(17)24-20/h4-9,12-13H,3,10-11H2,1-2H3,(H,23,25). The van der Waals surface area contributed by atoms with E-state index in [1.54, 1.807) is 7.11 Å². The summed E-state index contributed by atoms with van der Waals surface area (Å²) in [5.41, 5.74) is 4.47. The van der Waals surface area contributed by atoms with Crippen molar-refractivity contribution in [1.29, 1.82) is 0 Å². The molecule has 0 aliphatic rings. The summed E-state index contributed by atoms with van der Waals surface area (Å²) in [4.78, 5) is 17.5. The van der Waals surface area contributed by atoms with Gasteiger partial charge >= 0.3 is 0 Å². The SMILES string of the molecule is CCc1ccc(-c2cc(C(=O)NCCOC)c3cc(Br)ccc3n2)cc1. The van der Waals surface area contributed by atoms with Crippen molar-refractivity contribution in [2.45, 2.75) is 13.3 Å². The fraction of sp³-hybridized carbons (Fsp3) is 0.238. The number of amides is 1. The van der Waals surface area contributed by atoms with Gasteiger partial charge in [0.05, 0.1) is 23.4 Å². The van der Waals surface area contributed by atoms with Crippen molar-refractivity contribution >= 4 is 32.7 Å². The molecule has 1 N–H and O–H groups in total. The molecule has 0 bridgehead atoms. The van der Waals surface area contributed by atoms with Crippen molar-refractivity contribution < 1.29 is 9.53 Å². The topological polar surface area (TPSA) is 51.2 Å². The van der Waals surface area contributed by atoms with Crippen molar-refractivity contribution in [3.05, 3.63) is 64.1 Å². The van der Waals surface area contributed by atoms with Crippen LogP contribution in [0.1, 0.15) is 22.8 Å². The molecule has 26 heavy (non-hydrogen) atoms. The molecule has 3 rings (SSSR count). The lowest BCUT2D eigenvalue weighted by Gasteiger charge is -2.11. The summed E-state index contributed by atoms with van der Waals surface area (Å²) in [5.74, 6) is -0.126. The Balaban J connectivity index is 2.07. The lowest BCUT2D eigenvalue weighted by molar-refractivity contribution is 0.0938. The first kappa shape index (κ1) is 18.5. The molecule has 1 aromatic heterocycles. The fourth-order valence-corrected chi connectivity index (χ4v) is 3.17. The number of carbonyl (C=O) groups is 1. The number of rotatable bonds is 6. The minimum Gasteiger partial charge on any atom is -0.383 e. The van der Waals surface area contributed by atoms with Crippen molar-refractivity contribution in [1.82, 2.24) is 10.3 Å². The Bertz CT molecular complexity index is 923. The van der Waals surface area contributed by atoms with E-state index in [-0.39, 0.29) is 5.91 Å². The first-order valence-corrected chi connectivity index (χ1v) is 9.38. The zero-order valence-corrected chi connectivity index (χ0v) is 16.5. The molecule has 0 atom stereocenters. The molecule has 2 aromatic carbocycles. The van der Waals surface area contributed by atoms with Crippen LogP contribution in [0.4, 0.5) is 0 Å². The Hall–Kier alpha value is -2.24. The molecular weight excluding hydrogens is 392 g/mol. The second-order valence-electron chi connectivity index (χ2n) is 6.02. The molecule has 0 aliphatic carbocycles. The van der Waals surface area contributed by atoms with Crippen LogP contribution in [0.3, 0.4) is 0 Å². The number of fused-ring (bicyclic) bond motifs is 1. The summed E-state index contributed by atoms with van der Waals surface area (Å²) in [6.07, 6.45) is 0.993. The lowest BCUT2D eigenvalue weighted by atomic mass is 10.0. The van der Waals surface area contributed by atoms with Crippen LogP contribution < -0.4 is 5.32 Å². The van der Waals surface area contributed by atoms with E-state index in [1.807, 2.05) is 24.3 Å². The van der Waals surface area contributed by atoms with E-state index in [1.165, 1.54) is 5.56 Å². The monoisotopic (exact) mass is 412 g/mol. The van der Waals surface area contributed by atoms with Gasteiger partial charge in [-0.3, -0.25) is 4.79 Å². The van der Waals surface area contributed by atoms with Crippen LogP contribution in [0.5, 0.6) is 0 Å². The van der Waals surface area contributed by atoms with Crippen LogP contribution in [0, 0.1) is 0 Å². The third-order valence-corrected chi connectivity index (χ3v) is 4.76. The molecule has 5 heteroatoms. The van der Waals surface area contributed by atoms with Gasteiger partial charge in [0.25, 0.3) is 5.91 Å². The number of hydrogen-bond acceptors (Lipinski definition) is 3. The molecule has 134 valence electrons. The maximum absolute atomic E-state index is 12.7. The Morgan fingerprint density at radius 3 is 2.62 bits per heavy atom. The van der Waals surface area contributed by atoms with Gasteiger partial charge in [0.2, 0.25) is 0 Å². The number of aryl methyl sites for hydroxylation is 1. The van der Waals surface area contributed by atoms with Gasteiger partial charge in [-0.1, -0.05) is 47.1 Å². The molecule has 4 nitrogen and oxygen atoms in total. The molecule has 0 saturated heterocycles. The van der Waals surface area contributed by atoms with Crippen LogP contribution in [-0.4, -0.2) is 31.2 Å². The summed E-state index contributed by atoms with van der Waals surface area (Å²) in [5, 5.41) is 3.72. The van der Waals surface area contributed by atoms with E-state index < -0.39 is 0 Å². The number of pyridine rings is 1. The van der Waals surface area contributed by atoms with Crippen molar-refractivity contribution in [2.24, 2.45) is 0 Å². The quantitative estimate of drug-likeness (QED) is 0.601. The summed E-state index contributed by atoms with van der Waals surface area (Å²) >= 11 is 3.48. The maximum Gasteiger partial charge on any atom is 0.252 e. The summed E-state index contributed by atoms with van der Waals surface area (Å²) in [6.45, 7) is 3.07. The highest BCUT2D eigenvalue weighted by Crippen LogP contribution is 2.27. The van der Waals surface area contributed by atoms with Gasteiger partial charge < -0.3 is 10.1 Å². The molecule has 0 saturated carbocycles. The number of nitrogens with one attached hydrogen (secondary N) is 1. The number of nitrogens with zero attached hydrogens (tertiary/aromatic N) is 1. The average molecular weight is 413 g/mol. The second-order valence-corrected chi connectivity index (χ2v) is 6.93. The Kier molecular flexibility index (Phi) is 6.01. The number of carbonyl (C=O) groups excluding carboxylic acids is 1. The predicted molar refractivity (Wildman–Crippen MR) is 108 cm³/mol. The molecule has 3 aromatic rings. The zero-order valence-electron chi connectivity index (χ0n) is 14.9. The Morgan fingerprint density at radius 2 is 1.92 bits per heavy atom. The highest BCUT2D eigenvalue weighted by Gasteiger charge is 2.14. The van der Waals surface area contributed by atoms with E-state index in [9.17, 15) is 4.79 Å². The van der Waals surface area contributed by atoms with Crippen molar-refractivity contribution in [3.63, 3.8) is 0 Å². The molecule has 1 amide bonds. The molecule has 0 spiro atoms. The molecule has 0 fully saturated rings. The summed E-state index contributed by atoms with van der Waals surface area (Å²) in [7, 11) is 1.61. The molecule has 0 radical (unpaired) electrons. The first-order valence-electron chi connectivity index (χ1n) is 8.59. The number of methoxy groups -OCH3 is 1. The highest BCUT2D eigenvalue weighted by molar-refractivity contribution is 9.10. The second kappa shape index (κ2) is 8.43. The van der Waals surface area contributed by atoms with Gasteiger partial charge in [0.1, 0.15) is 0 Å². The minimum atomic E-state index is -0.126. The van der Waals surface area contributed by atoms with Crippen LogP contribution in [0.15, 0.2) is 53.0 Å². The Morgan fingerprint density at radius 1 is 1.15 bits per heavy atom. The van der Waals surface area contributed by atoms with Crippen LogP contribution in [0.2, 0.25) is 0 Å². The zero-order chi connectivity index (χ0) is 18.5. The fourth-order valence-electron chi connectivity index (χ4n) is 2.81. The largest absolute Gasteiger partial charge is 0.383 e. The van der Waals surface area contributed by atoms with Gasteiger partial charge in [0, 0.05) is 29.1 Å². The molecular formula is C21H21BrN2O2. The van der Waals surface area contributed by atoms with E-state index >= 15 is 0 Å². The van der Waals surface area contributed by atoms with E-state index in [0.29, 0.717) is 18.7 Å². The Labute approximate surface area is 161 Å². The summed E-state index contributed by atoms with van der Waals surface area (Å²) in [6, 6.07) is 16.0. The van der Waals surface area contributed by atoms with Gasteiger partial charge in [0.15, 0.2) is 0 Å².